The van der Waals surface area contributed by atoms with Gasteiger partial charge in [-0.2, -0.15) is 0 Å². The van der Waals surface area contributed by atoms with Crippen LogP contribution in [0.4, 0.5) is 14.4 Å². The van der Waals surface area contributed by atoms with Crippen LogP contribution in [0.1, 0.15) is 11.0 Å². The number of amides is 3. The second-order valence-corrected chi connectivity index (χ2v) is 4.90. The highest BCUT2D eigenvalue weighted by Gasteiger charge is 2.19. The summed E-state index contributed by atoms with van der Waals surface area (Å²) in [4.78, 5) is 32.7. The molecule has 0 aliphatic heterocycles. The van der Waals surface area contributed by atoms with E-state index in [0.717, 1.165) is 11.3 Å². The molecular formula is C9H10ClN3O5S. The predicted molar refractivity (Wildman–Crippen MR) is 66.8 cm³/mol. The smallest absolute Gasteiger partial charge is 0.416 e. The summed E-state index contributed by atoms with van der Waals surface area (Å²) in [6, 6.07) is 3.21. The SMILES string of the molecule is NC(=O)OC(=O)NC[C@H](OC(N)=O)c1ccc(Cl)s1. The maximum atomic E-state index is 11.1. The number of hydrogen-bond donors (Lipinski definition) is 3. The second-order valence-electron chi connectivity index (χ2n) is 3.16. The van der Waals surface area contributed by atoms with Gasteiger partial charge in [-0.3, -0.25) is 0 Å². The van der Waals surface area contributed by atoms with Crippen molar-refractivity contribution in [2.24, 2.45) is 11.5 Å². The fourth-order valence-electron chi connectivity index (χ4n) is 1.15. The summed E-state index contributed by atoms with van der Waals surface area (Å²) in [7, 11) is 0. The van der Waals surface area contributed by atoms with E-state index >= 15 is 0 Å². The molecule has 0 aliphatic carbocycles. The topological polar surface area (TPSA) is 134 Å². The first kappa shape index (κ1) is 15.1. The first-order valence-corrected chi connectivity index (χ1v) is 6.04. The van der Waals surface area contributed by atoms with Crippen molar-refractivity contribution in [1.29, 1.82) is 0 Å². The van der Waals surface area contributed by atoms with Crippen LogP contribution in [0, 0.1) is 0 Å². The molecule has 3 amide bonds. The monoisotopic (exact) mass is 307 g/mol. The first-order valence-electron chi connectivity index (χ1n) is 4.85. The number of halogens is 1. The summed E-state index contributed by atoms with van der Waals surface area (Å²) in [5, 5.41) is 2.20. The summed E-state index contributed by atoms with van der Waals surface area (Å²) in [5.41, 5.74) is 9.57. The maximum Gasteiger partial charge on any atom is 0.416 e. The Bertz CT molecular complexity index is 492. The molecule has 0 saturated carbocycles. The van der Waals surface area contributed by atoms with Gasteiger partial charge in [-0.25, -0.2) is 14.4 Å². The van der Waals surface area contributed by atoms with E-state index in [1.807, 2.05) is 0 Å². The average molecular weight is 308 g/mol. The molecule has 0 fully saturated rings. The zero-order chi connectivity index (χ0) is 14.4. The van der Waals surface area contributed by atoms with Crippen LogP contribution < -0.4 is 16.8 Å². The lowest BCUT2D eigenvalue weighted by Gasteiger charge is -2.15. The fourth-order valence-corrected chi connectivity index (χ4v) is 2.24. The summed E-state index contributed by atoms with van der Waals surface area (Å²) >= 11 is 6.90. The number of thiophene rings is 1. The summed E-state index contributed by atoms with van der Waals surface area (Å²) in [6.45, 7) is -0.147. The van der Waals surface area contributed by atoms with Crippen molar-refractivity contribution in [3.05, 3.63) is 21.3 Å². The largest absolute Gasteiger partial charge is 0.439 e. The Labute approximate surface area is 116 Å². The van der Waals surface area contributed by atoms with Crippen LogP contribution in [-0.2, 0) is 9.47 Å². The number of nitrogens with one attached hydrogen (secondary N) is 1. The van der Waals surface area contributed by atoms with Gasteiger partial charge in [-0.05, 0) is 12.1 Å². The van der Waals surface area contributed by atoms with E-state index in [-0.39, 0.29) is 6.54 Å². The Balaban J connectivity index is 2.63. The van der Waals surface area contributed by atoms with Gasteiger partial charge in [0.1, 0.15) is 0 Å². The highest BCUT2D eigenvalue weighted by molar-refractivity contribution is 7.16. The molecule has 10 heteroatoms. The van der Waals surface area contributed by atoms with Crippen LogP contribution in [0.15, 0.2) is 12.1 Å². The van der Waals surface area contributed by atoms with Crippen LogP contribution in [0.3, 0.4) is 0 Å². The van der Waals surface area contributed by atoms with Crippen molar-refractivity contribution in [3.8, 4) is 0 Å². The Morgan fingerprint density at radius 2 is 2.00 bits per heavy atom. The van der Waals surface area contributed by atoms with Crippen molar-refractivity contribution < 1.29 is 23.9 Å². The van der Waals surface area contributed by atoms with Crippen molar-refractivity contribution in [2.45, 2.75) is 6.10 Å². The molecule has 5 N–H and O–H groups in total. The van der Waals surface area contributed by atoms with Crippen LogP contribution in [0.25, 0.3) is 0 Å². The van der Waals surface area contributed by atoms with Crippen LogP contribution in [0.5, 0.6) is 0 Å². The van der Waals surface area contributed by atoms with Crippen molar-refractivity contribution in [1.82, 2.24) is 5.32 Å². The van der Waals surface area contributed by atoms with Crippen LogP contribution >= 0.6 is 22.9 Å². The van der Waals surface area contributed by atoms with E-state index in [9.17, 15) is 14.4 Å². The number of alkyl carbamates (subject to hydrolysis) is 1. The molecular weight excluding hydrogens is 298 g/mol. The normalized spacial score (nSPS) is 11.4. The van der Waals surface area contributed by atoms with Gasteiger partial charge in [0.25, 0.3) is 0 Å². The number of ether oxygens (including phenoxy) is 2. The van der Waals surface area contributed by atoms with Gasteiger partial charge < -0.3 is 26.3 Å². The van der Waals surface area contributed by atoms with Crippen molar-refractivity contribution >= 4 is 41.2 Å². The van der Waals surface area contributed by atoms with Crippen molar-refractivity contribution in [3.63, 3.8) is 0 Å². The molecule has 1 aromatic heterocycles. The molecule has 0 spiro atoms. The number of rotatable bonds is 4. The number of carbonyl (C=O) groups is 3. The van der Waals surface area contributed by atoms with Gasteiger partial charge in [-0.1, -0.05) is 11.6 Å². The number of nitrogens with two attached hydrogens (primary N) is 2. The van der Waals surface area contributed by atoms with E-state index in [2.05, 4.69) is 15.8 Å². The third-order valence-electron chi connectivity index (χ3n) is 1.79. The summed E-state index contributed by atoms with van der Waals surface area (Å²) < 4.78 is 9.33. The molecule has 0 unspecified atom stereocenters. The molecule has 0 bridgehead atoms. The summed E-state index contributed by atoms with van der Waals surface area (Å²) in [5.74, 6) is 0. The quantitative estimate of drug-likeness (QED) is 0.722. The molecule has 0 radical (unpaired) electrons. The van der Waals surface area contributed by atoms with Gasteiger partial charge in [0.05, 0.1) is 10.9 Å². The van der Waals surface area contributed by atoms with Gasteiger partial charge >= 0.3 is 18.3 Å². The molecule has 19 heavy (non-hydrogen) atoms. The average Bonchev–Trinajstić information content (AvgIpc) is 2.69. The van der Waals surface area contributed by atoms with Crippen LogP contribution in [-0.4, -0.2) is 24.8 Å². The highest BCUT2D eigenvalue weighted by Crippen LogP contribution is 2.28. The van der Waals surface area contributed by atoms with Gasteiger partial charge in [0.15, 0.2) is 6.10 Å². The summed E-state index contributed by atoms with van der Waals surface area (Å²) in [6.07, 6.45) is -4.16. The predicted octanol–water partition coefficient (Wildman–Crippen LogP) is 1.34. The molecule has 1 atom stereocenters. The Hall–Kier alpha value is -2.00. The van der Waals surface area contributed by atoms with Gasteiger partial charge in [-0.15, -0.1) is 11.3 Å². The van der Waals surface area contributed by atoms with Crippen LogP contribution in [0.2, 0.25) is 4.34 Å². The molecule has 0 saturated heterocycles. The van der Waals surface area contributed by atoms with Crippen molar-refractivity contribution in [2.75, 3.05) is 6.54 Å². The zero-order valence-electron chi connectivity index (χ0n) is 9.42. The molecule has 1 aromatic rings. The highest BCUT2D eigenvalue weighted by atomic mass is 35.5. The third-order valence-corrected chi connectivity index (χ3v) is 3.12. The zero-order valence-corrected chi connectivity index (χ0v) is 11.0. The fraction of sp³-hybridized carbons (Fsp3) is 0.222. The Morgan fingerprint density at radius 3 is 2.47 bits per heavy atom. The Kier molecular flexibility index (Phi) is 5.39. The van der Waals surface area contributed by atoms with E-state index in [0.29, 0.717) is 9.21 Å². The minimum absolute atomic E-state index is 0.147. The number of carbonyl (C=O) groups excluding carboxylic acids is 3. The Morgan fingerprint density at radius 1 is 1.32 bits per heavy atom. The lowest BCUT2D eigenvalue weighted by atomic mass is 10.3. The standard InChI is InChI=1S/C9H10ClN3O5S/c10-6-2-1-5(19-6)4(17-7(11)14)3-13-9(16)18-8(12)15/h1-2,4H,3H2,(H2,11,14)(H2,12,15)(H,13,16)/t4-/m0/s1. The maximum absolute atomic E-state index is 11.1. The van der Waals surface area contributed by atoms with E-state index < -0.39 is 24.4 Å². The first-order chi connectivity index (χ1) is 8.88. The molecule has 0 aromatic carbocycles. The van der Waals surface area contributed by atoms with Gasteiger partial charge in [0.2, 0.25) is 0 Å². The van der Waals surface area contributed by atoms with Gasteiger partial charge in [0, 0.05) is 4.88 Å². The number of primary amides is 2. The molecule has 1 heterocycles. The van der Waals surface area contributed by atoms with E-state index in [1.165, 1.54) is 0 Å². The second kappa shape index (κ2) is 6.81. The van der Waals surface area contributed by atoms with E-state index in [4.69, 9.17) is 22.1 Å². The number of hydrogen-bond acceptors (Lipinski definition) is 6. The molecule has 1 rings (SSSR count). The molecule has 8 nitrogen and oxygen atoms in total. The minimum Gasteiger partial charge on any atom is -0.439 e. The lowest BCUT2D eigenvalue weighted by molar-refractivity contribution is 0.104. The molecule has 0 aliphatic rings. The minimum atomic E-state index is -1.25. The van der Waals surface area contributed by atoms with E-state index in [1.54, 1.807) is 12.1 Å². The molecule has 104 valence electrons. The lowest BCUT2D eigenvalue weighted by Crippen LogP contribution is -2.34. The third kappa shape index (κ3) is 5.44.